The molecule has 0 amide bonds. The van der Waals surface area contributed by atoms with Gasteiger partial charge in [0.05, 0.1) is 11.4 Å². The van der Waals surface area contributed by atoms with E-state index in [1.807, 2.05) is 0 Å². The zero-order valence-electron chi connectivity index (χ0n) is 36.2. The average molecular weight is 840 g/mol. The maximum absolute atomic E-state index is 4.95. The number of para-hydroxylation sites is 4. The fourth-order valence-electron chi connectivity index (χ4n) is 6.87. The van der Waals surface area contributed by atoms with Crippen molar-refractivity contribution in [1.82, 2.24) is 0 Å². The summed E-state index contributed by atoms with van der Waals surface area (Å²) in [4.78, 5) is 9.90. The van der Waals surface area contributed by atoms with E-state index in [1.54, 1.807) is 0 Å². The van der Waals surface area contributed by atoms with Crippen molar-refractivity contribution in [2.75, 3.05) is 0 Å². The second-order valence-corrected chi connectivity index (χ2v) is 13.8. The van der Waals surface area contributed by atoms with Gasteiger partial charge in [0.15, 0.2) is 0 Å². The molecule has 4 aromatic carbocycles. The van der Waals surface area contributed by atoms with Gasteiger partial charge >= 0.3 is 0 Å². The summed E-state index contributed by atoms with van der Waals surface area (Å²) >= 11 is 0. The fourth-order valence-corrected chi connectivity index (χ4v) is 6.87. The van der Waals surface area contributed by atoms with E-state index in [9.17, 15) is 0 Å². The number of nitrogens with zero attached hydrogens (tertiary/aromatic N) is 4. The van der Waals surface area contributed by atoms with Crippen LogP contribution in [-0.2, 0) is 84.3 Å². The van der Waals surface area contributed by atoms with Crippen molar-refractivity contribution in [1.29, 1.82) is 0 Å². The van der Waals surface area contributed by atoms with E-state index >= 15 is 0 Å². The van der Waals surface area contributed by atoms with E-state index in [-0.39, 0.29) is 33.0 Å². The standard InChI is InChI=1S/2C25H33N2.2Ni/c2*1-7-20-13-11-14-21(8-2)24(20)26-18(5)17-19(6)27-25-22(9-3)15-12-16-23(25)10-4;;/h2*11-17H,7-10H2,1-6H3;;/q2*-1;;/b2*18-17-,27-19?;;. The molecule has 0 fully saturated rings. The topological polar surface area (TPSA) is 52.9 Å². The maximum Gasteiger partial charge on any atom is 0.0696 e. The molecule has 0 aromatic heterocycles. The Morgan fingerprint density at radius 3 is 0.821 bits per heavy atom. The average Bonchev–Trinajstić information content (AvgIpc) is 3.18. The van der Waals surface area contributed by atoms with Crippen LogP contribution < -0.4 is 0 Å². The van der Waals surface area contributed by atoms with Gasteiger partial charge in [-0.15, -0.1) is 11.4 Å². The number of benzene rings is 4. The molecule has 4 rings (SSSR count). The molecule has 0 unspecified atom stereocenters. The molecule has 0 saturated heterocycles. The van der Waals surface area contributed by atoms with Crippen LogP contribution in [-0.4, -0.2) is 11.4 Å². The van der Waals surface area contributed by atoms with Gasteiger partial charge < -0.3 is 10.6 Å². The molecular weight excluding hydrogens is 774 g/mol. The number of hydrogen-bond donors (Lipinski definition) is 0. The monoisotopic (exact) mass is 838 g/mol. The van der Waals surface area contributed by atoms with Gasteiger partial charge in [-0.3, -0.25) is 9.98 Å². The van der Waals surface area contributed by atoms with Crippen molar-refractivity contribution >= 4 is 34.2 Å². The van der Waals surface area contributed by atoms with Gasteiger partial charge in [-0.2, -0.15) is 11.4 Å². The molecule has 0 heterocycles. The molecule has 0 atom stereocenters. The fraction of sp³-hybridized carbons (Fsp3) is 0.400. The minimum absolute atomic E-state index is 0. The Labute approximate surface area is 361 Å². The Balaban J connectivity index is 0.000000541. The van der Waals surface area contributed by atoms with E-state index in [0.29, 0.717) is 0 Å². The van der Waals surface area contributed by atoms with Crippen LogP contribution in [0.25, 0.3) is 10.6 Å². The molecule has 0 aliphatic carbocycles. The van der Waals surface area contributed by atoms with Crippen molar-refractivity contribution in [3.05, 3.63) is 151 Å². The molecule has 4 nitrogen and oxygen atoms in total. The van der Waals surface area contributed by atoms with Gasteiger partial charge in [0.1, 0.15) is 0 Å². The second-order valence-electron chi connectivity index (χ2n) is 13.8. The third-order valence-corrected chi connectivity index (χ3v) is 9.85. The van der Waals surface area contributed by atoms with Crippen LogP contribution in [0.15, 0.2) is 106 Å². The Morgan fingerprint density at radius 1 is 0.393 bits per heavy atom. The third kappa shape index (κ3) is 14.3. The van der Waals surface area contributed by atoms with Crippen LogP contribution in [0.3, 0.4) is 0 Å². The molecule has 4 aromatic rings. The molecule has 0 radical (unpaired) electrons. The van der Waals surface area contributed by atoms with Gasteiger partial charge in [-0.05, 0) is 87.5 Å². The summed E-state index contributed by atoms with van der Waals surface area (Å²) < 4.78 is 0. The number of aliphatic imine (C=N–C) groups is 2. The predicted molar refractivity (Wildman–Crippen MR) is 240 cm³/mol. The van der Waals surface area contributed by atoms with Crippen LogP contribution in [0.5, 0.6) is 0 Å². The van der Waals surface area contributed by atoms with E-state index < -0.39 is 0 Å². The normalized spacial score (nSPS) is 11.9. The summed E-state index contributed by atoms with van der Waals surface area (Å²) in [5, 5.41) is 9.90. The first-order valence-corrected chi connectivity index (χ1v) is 20.4. The van der Waals surface area contributed by atoms with Crippen LogP contribution in [0.2, 0.25) is 0 Å². The Hall–Kier alpha value is -3.71. The molecule has 0 aliphatic heterocycles. The Kier molecular flexibility index (Phi) is 23.6. The van der Waals surface area contributed by atoms with Crippen molar-refractivity contribution in [3.63, 3.8) is 0 Å². The molecule has 0 N–H and O–H groups in total. The third-order valence-electron chi connectivity index (χ3n) is 9.85. The van der Waals surface area contributed by atoms with Crippen molar-refractivity contribution in [3.8, 4) is 0 Å². The largest absolute Gasteiger partial charge is 0.661 e. The summed E-state index contributed by atoms with van der Waals surface area (Å²) in [6.07, 6.45) is 12.2. The van der Waals surface area contributed by atoms with Gasteiger partial charge in [-0.1, -0.05) is 176 Å². The van der Waals surface area contributed by atoms with Gasteiger partial charge in [-0.25, -0.2) is 0 Å². The summed E-state index contributed by atoms with van der Waals surface area (Å²) in [5.41, 5.74) is 19.0. The molecule has 6 heteroatoms. The zero-order chi connectivity index (χ0) is 39.6. The Morgan fingerprint density at radius 2 is 0.607 bits per heavy atom. The SMILES string of the molecule is CCc1cccc(CC)c1N=C(C)/C=C(/C)[N-]c1c(CC)cccc1CC.CCc1cccc(CC)c1N=C(C)/C=C(/C)[N-]c1c(CC)cccc1CC.[Ni].[Ni]. The van der Waals surface area contributed by atoms with Crippen LogP contribution in [0.4, 0.5) is 22.7 Å². The summed E-state index contributed by atoms with van der Waals surface area (Å²) in [6, 6.07) is 26.0. The van der Waals surface area contributed by atoms with Crippen molar-refractivity contribution in [2.24, 2.45) is 9.98 Å². The van der Waals surface area contributed by atoms with Gasteiger partial charge in [0, 0.05) is 44.4 Å². The molecule has 0 saturated carbocycles. The quantitative estimate of drug-likeness (QED) is 0.0797. The first kappa shape index (κ1) is 50.3. The number of allylic oxidation sites excluding steroid dienone is 4. The summed E-state index contributed by atoms with van der Waals surface area (Å²) in [5.74, 6) is 0. The summed E-state index contributed by atoms with van der Waals surface area (Å²) in [7, 11) is 0. The van der Waals surface area contributed by atoms with E-state index in [0.717, 1.165) is 96.9 Å². The molecular formula is C50H66N4Ni2-2. The van der Waals surface area contributed by atoms with E-state index in [2.05, 4.69) is 168 Å². The number of hydrogen-bond acceptors (Lipinski definition) is 2. The molecule has 56 heavy (non-hydrogen) atoms. The Bertz CT molecular complexity index is 1720. The number of aryl methyl sites for hydroxylation is 8. The van der Waals surface area contributed by atoms with E-state index in [1.165, 1.54) is 44.5 Å². The predicted octanol–water partition coefficient (Wildman–Crippen LogP) is 15.3. The van der Waals surface area contributed by atoms with Crippen LogP contribution in [0, 0.1) is 0 Å². The molecule has 0 bridgehead atoms. The summed E-state index contributed by atoms with van der Waals surface area (Å²) in [6.45, 7) is 25.8. The minimum Gasteiger partial charge on any atom is -0.661 e. The second kappa shape index (κ2) is 26.3. The van der Waals surface area contributed by atoms with Crippen molar-refractivity contribution in [2.45, 2.75) is 134 Å². The molecule has 0 spiro atoms. The van der Waals surface area contributed by atoms with Crippen LogP contribution in [0.1, 0.15) is 128 Å². The van der Waals surface area contributed by atoms with Crippen molar-refractivity contribution < 1.29 is 33.0 Å². The minimum atomic E-state index is 0. The van der Waals surface area contributed by atoms with Gasteiger partial charge in [0.2, 0.25) is 0 Å². The van der Waals surface area contributed by atoms with Crippen LogP contribution >= 0.6 is 0 Å². The molecule has 308 valence electrons. The van der Waals surface area contributed by atoms with Gasteiger partial charge in [0.25, 0.3) is 0 Å². The maximum atomic E-state index is 4.95. The zero-order valence-corrected chi connectivity index (χ0v) is 38.1. The smallest absolute Gasteiger partial charge is 0.0696 e. The first-order valence-electron chi connectivity index (χ1n) is 20.4. The number of rotatable bonds is 16. The first-order chi connectivity index (χ1) is 26.1. The molecule has 0 aliphatic rings. The van der Waals surface area contributed by atoms with E-state index in [4.69, 9.17) is 20.6 Å².